The molecule has 1 aliphatic heterocycles. The Hall–Kier alpha value is -2.73. The quantitative estimate of drug-likeness (QED) is 0.754. The number of benzene rings is 2. The highest BCUT2D eigenvalue weighted by Gasteiger charge is 2.34. The normalized spacial score (nSPS) is 16.5. The summed E-state index contributed by atoms with van der Waals surface area (Å²) in [5, 5.41) is 0. The highest BCUT2D eigenvalue weighted by Crippen LogP contribution is 2.33. The van der Waals surface area contributed by atoms with Crippen molar-refractivity contribution < 1.29 is 18.7 Å². The van der Waals surface area contributed by atoms with Gasteiger partial charge in [0.2, 0.25) is 11.8 Å². The zero-order chi connectivity index (χ0) is 20.2. The zero-order valence-electron chi connectivity index (χ0n) is 16.4. The maximum Gasteiger partial charge on any atom is 0.230 e. The monoisotopic (exact) mass is 396 g/mol. The molecule has 29 heavy (non-hydrogen) atoms. The molecule has 0 atom stereocenters. The average molecular weight is 396 g/mol. The van der Waals surface area contributed by atoms with Crippen LogP contribution < -0.4 is 4.90 Å². The van der Waals surface area contributed by atoms with E-state index in [0.717, 1.165) is 29.7 Å². The van der Waals surface area contributed by atoms with E-state index < -0.39 is 0 Å². The van der Waals surface area contributed by atoms with Gasteiger partial charge in [-0.15, -0.1) is 0 Å². The molecule has 2 amide bonds. The van der Waals surface area contributed by atoms with Gasteiger partial charge in [-0.1, -0.05) is 24.3 Å². The van der Waals surface area contributed by atoms with Crippen molar-refractivity contribution in [2.45, 2.75) is 25.8 Å². The Bertz CT molecular complexity index is 874. The van der Waals surface area contributed by atoms with Gasteiger partial charge in [0.25, 0.3) is 0 Å². The molecule has 2 aliphatic rings. The lowest BCUT2D eigenvalue weighted by Gasteiger charge is -2.27. The van der Waals surface area contributed by atoms with Crippen LogP contribution in [-0.4, -0.2) is 43.0 Å². The van der Waals surface area contributed by atoms with Crippen LogP contribution in [0.2, 0.25) is 0 Å². The van der Waals surface area contributed by atoms with Crippen molar-refractivity contribution in [3.8, 4) is 0 Å². The van der Waals surface area contributed by atoms with Gasteiger partial charge in [-0.2, -0.15) is 0 Å². The van der Waals surface area contributed by atoms with Crippen molar-refractivity contribution in [3.63, 3.8) is 0 Å². The second kappa shape index (κ2) is 8.74. The van der Waals surface area contributed by atoms with Gasteiger partial charge in [0.1, 0.15) is 5.82 Å². The molecule has 2 aromatic carbocycles. The van der Waals surface area contributed by atoms with Crippen LogP contribution in [0.15, 0.2) is 48.5 Å². The van der Waals surface area contributed by atoms with E-state index in [1.807, 2.05) is 35.2 Å². The van der Waals surface area contributed by atoms with Crippen LogP contribution in [0.1, 0.15) is 24.0 Å². The molecule has 6 heteroatoms. The third-order valence-electron chi connectivity index (χ3n) is 5.39. The van der Waals surface area contributed by atoms with E-state index in [2.05, 4.69) is 0 Å². The van der Waals surface area contributed by atoms with E-state index in [1.54, 1.807) is 11.0 Å². The molecule has 1 aliphatic carbocycles. The predicted octanol–water partition coefficient (Wildman–Crippen LogP) is 3.17. The zero-order valence-corrected chi connectivity index (χ0v) is 16.4. The molecule has 152 valence electrons. The first-order chi connectivity index (χ1) is 14.1. The van der Waals surface area contributed by atoms with E-state index in [-0.39, 0.29) is 23.5 Å². The molecular formula is C23H25FN2O3. The van der Waals surface area contributed by atoms with Gasteiger partial charge in [-0.25, -0.2) is 4.39 Å². The van der Waals surface area contributed by atoms with Crippen molar-refractivity contribution in [1.82, 2.24) is 4.90 Å². The Labute approximate surface area is 170 Å². The minimum Gasteiger partial charge on any atom is -0.378 e. The fourth-order valence-corrected chi connectivity index (χ4v) is 3.56. The number of hydrogen-bond donors (Lipinski definition) is 0. The Kier molecular flexibility index (Phi) is 5.90. The van der Waals surface area contributed by atoms with Crippen molar-refractivity contribution in [2.24, 2.45) is 5.92 Å². The first kappa shape index (κ1) is 19.6. The third-order valence-corrected chi connectivity index (χ3v) is 5.39. The van der Waals surface area contributed by atoms with Crippen LogP contribution in [0.3, 0.4) is 0 Å². The Morgan fingerprint density at radius 3 is 2.41 bits per heavy atom. The minimum atomic E-state index is -0.307. The van der Waals surface area contributed by atoms with Crippen molar-refractivity contribution in [3.05, 3.63) is 65.5 Å². The van der Waals surface area contributed by atoms with Crippen LogP contribution in [0.25, 0.3) is 0 Å². The maximum absolute atomic E-state index is 13.6. The number of carbonyl (C=O) groups is 2. The van der Waals surface area contributed by atoms with Crippen LogP contribution >= 0.6 is 0 Å². The first-order valence-corrected chi connectivity index (χ1v) is 10.1. The van der Waals surface area contributed by atoms with E-state index in [4.69, 9.17) is 4.74 Å². The lowest BCUT2D eigenvalue weighted by atomic mass is 10.1. The summed E-state index contributed by atoms with van der Waals surface area (Å²) in [6.45, 7) is 2.77. The van der Waals surface area contributed by atoms with Crippen LogP contribution in [0.4, 0.5) is 10.1 Å². The van der Waals surface area contributed by atoms with Gasteiger partial charge < -0.3 is 14.5 Å². The summed E-state index contributed by atoms with van der Waals surface area (Å²) in [5.74, 6) is -0.0810. The molecule has 2 aromatic rings. The van der Waals surface area contributed by atoms with Crippen LogP contribution in [0, 0.1) is 11.7 Å². The molecule has 2 fully saturated rings. The summed E-state index contributed by atoms with van der Waals surface area (Å²) in [7, 11) is 0. The highest BCUT2D eigenvalue weighted by atomic mass is 19.1. The standard InChI is InChI=1S/C23H25FN2O3/c24-20-3-1-2-18(14-20)16-26(23(28)19-6-7-19)21-8-4-17(5-9-21)15-22(27)25-10-12-29-13-11-25/h1-5,8-9,14,19H,6-7,10-13,15-16H2. The number of anilines is 1. The van der Waals surface area contributed by atoms with E-state index in [9.17, 15) is 14.0 Å². The first-order valence-electron chi connectivity index (χ1n) is 10.1. The third kappa shape index (κ3) is 5.01. The second-order valence-corrected chi connectivity index (χ2v) is 7.66. The molecule has 0 radical (unpaired) electrons. The topological polar surface area (TPSA) is 49.9 Å². The lowest BCUT2D eigenvalue weighted by Crippen LogP contribution is -2.41. The Morgan fingerprint density at radius 2 is 1.76 bits per heavy atom. The number of hydrogen-bond acceptors (Lipinski definition) is 3. The number of nitrogens with zero attached hydrogens (tertiary/aromatic N) is 2. The molecular weight excluding hydrogens is 371 g/mol. The fraction of sp³-hybridized carbons (Fsp3) is 0.391. The summed E-state index contributed by atoms with van der Waals surface area (Å²) < 4.78 is 18.9. The summed E-state index contributed by atoms with van der Waals surface area (Å²) in [5.41, 5.74) is 2.44. The van der Waals surface area contributed by atoms with Gasteiger partial charge in [-0.3, -0.25) is 9.59 Å². The van der Waals surface area contributed by atoms with E-state index in [0.29, 0.717) is 39.3 Å². The summed E-state index contributed by atoms with van der Waals surface area (Å²) in [6, 6.07) is 13.9. The van der Waals surface area contributed by atoms with Crippen LogP contribution in [0.5, 0.6) is 0 Å². The SMILES string of the molecule is O=C(Cc1ccc(N(Cc2cccc(F)c2)C(=O)C2CC2)cc1)N1CCOCC1. The van der Waals surface area contributed by atoms with Gasteiger partial charge in [0.15, 0.2) is 0 Å². The maximum atomic E-state index is 13.6. The van der Waals surface area contributed by atoms with Crippen molar-refractivity contribution in [2.75, 3.05) is 31.2 Å². The van der Waals surface area contributed by atoms with Gasteiger partial charge in [0, 0.05) is 24.7 Å². The van der Waals surface area contributed by atoms with Crippen molar-refractivity contribution >= 4 is 17.5 Å². The molecule has 5 nitrogen and oxygen atoms in total. The number of ether oxygens (including phenoxy) is 1. The smallest absolute Gasteiger partial charge is 0.230 e. The lowest BCUT2D eigenvalue weighted by molar-refractivity contribution is -0.134. The van der Waals surface area contributed by atoms with Crippen molar-refractivity contribution in [1.29, 1.82) is 0 Å². The molecule has 0 unspecified atom stereocenters. The van der Waals surface area contributed by atoms with Gasteiger partial charge in [-0.05, 0) is 48.2 Å². The fourth-order valence-electron chi connectivity index (χ4n) is 3.56. The molecule has 1 heterocycles. The largest absolute Gasteiger partial charge is 0.378 e. The number of amides is 2. The molecule has 0 spiro atoms. The number of rotatable bonds is 6. The highest BCUT2D eigenvalue weighted by molar-refractivity contribution is 5.96. The van der Waals surface area contributed by atoms with Gasteiger partial charge >= 0.3 is 0 Å². The number of carbonyl (C=O) groups excluding carboxylic acids is 2. The molecule has 1 saturated carbocycles. The minimum absolute atomic E-state index is 0.0612. The Balaban J connectivity index is 1.47. The predicted molar refractivity (Wildman–Crippen MR) is 108 cm³/mol. The molecule has 0 bridgehead atoms. The second-order valence-electron chi connectivity index (χ2n) is 7.66. The summed E-state index contributed by atoms with van der Waals surface area (Å²) in [6.07, 6.45) is 2.15. The molecule has 0 aromatic heterocycles. The summed E-state index contributed by atoms with van der Waals surface area (Å²) >= 11 is 0. The van der Waals surface area contributed by atoms with E-state index >= 15 is 0 Å². The number of morpholine rings is 1. The number of halogens is 1. The molecule has 4 rings (SSSR count). The molecule has 0 N–H and O–H groups in total. The summed E-state index contributed by atoms with van der Waals surface area (Å²) in [4.78, 5) is 28.8. The molecule has 1 saturated heterocycles. The Morgan fingerprint density at radius 1 is 1.03 bits per heavy atom. The van der Waals surface area contributed by atoms with Gasteiger partial charge in [0.05, 0.1) is 26.2 Å². The van der Waals surface area contributed by atoms with E-state index in [1.165, 1.54) is 12.1 Å². The average Bonchev–Trinajstić information content (AvgIpc) is 3.58. The van der Waals surface area contributed by atoms with Crippen LogP contribution in [-0.2, 0) is 27.3 Å².